The molecular weight excluding hydrogens is 432 g/mol. The molecule has 0 unspecified atom stereocenters. The van der Waals surface area contributed by atoms with Crippen LogP contribution in [0.2, 0.25) is 0 Å². The molecule has 0 heterocycles. The van der Waals surface area contributed by atoms with Crippen LogP contribution < -0.4 is 10.6 Å². The van der Waals surface area contributed by atoms with Crippen molar-refractivity contribution in [3.05, 3.63) is 95.6 Å². The zero-order valence-corrected chi connectivity index (χ0v) is 18.6. The predicted molar refractivity (Wildman–Crippen MR) is 127 cm³/mol. The minimum atomic E-state index is -1.11. The Hall–Kier alpha value is -4.13. The summed E-state index contributed by atoms with van der Waals surface area (Å²) in [6.45, 7) is 0.227. The Balaban J connectivity index is 1.24. The summed E-state index contributed by atoms with van der Waals surface area (Å²) < 4.78 is 5.44. The molecule has 2 amide bonds. The van der Waals surface area contributed by atoms with E-state index >= 15 is 0 Å². The molecule has 0 bridgehead atoms. The standard InChI is InChI=1S/C27H26N2O5/c30-25(29-24(26(31)32)16-18-8-2-1-3-9-18)14-15-28-27(33)34-17-23-21-12-6-4-10-19(21)20-11-5-7-13-22(20)23/h1-13,23-24H,14-17H2,(H,28,33)(H,29,30)(H,31,32)/t24-/m0/s1. The number of carboxylic acids is 1. The second kappa shape index (κ2) is 10.7. The summed E-state index contributed by atoms with van der Waals surface area (Å²) in [5.74, 6) is -1.61. The lowest BCUT2D eigenvalue weighted by Gasteiger charge is -2.16. The van der Waals surface area contributed by atoms with Gasteiger partial charge in [0.15, 0.2) is 0 Å². The number of carbonyl (C=O) groups is 3. The summed E-state index contributed by atoms with van der Waals surface area (Å²) >= 11 is 0. The highest BCUT2D eigenvalue weighted by Gasteiger charge is 2.29. The van der Waals surface area contributed by atoms with Gasteiger partial charge < -0.3 is 20.5 Å². The van der Waals surface area contributed by atoms with Crippen LogP contribution in [-0.2, 0) is 20.7 Å². The van der Waals surface area contributed by atoms with Crippen LogP contribution in [0.4, 0.5) is 4.79 Å². The van der Waals surface area contributed by atoms with E-state index in [2.05, 4.69) is 22.8 Å². The molecule has 0 spiro atoms. The third-order valence-corrected chi connectivity index (χ3v) is 5.88. The van der Waals surface area contributed by atoms with Gasteiger partial charge in [-0.1, -0.05) is 78.9 Å². The Kier molecular flexibility index (Phi) is 7.22. The van der Waals surface area contributed by atoms with Gasteiger partial charge in [-0.3, -0.25) is 4.79 Å². The summed E-state index contributed by atoms with van der Waals surface area (Å²) in [4.78, 5) is 35.9. The number of hydrogen-bond acceptors (Lipinski definition) is 4. The molecule has 4 rings (SSSR count). The van der Waals surface area contributed by atoms with Crippen molar-refractivity contribution in [1.29, 1.82) is 0 Å². The van der Waals surface area contributed by atoms with Crippen molar-refractivity contribution in [3.63, 3.8) is 0 Å². The number of ether oxygens (including phenoxy) is 1. The second-order valence-electron chi connectivity index (χ2n) is 8.15. The maximum absolute atomic E-state index is 12.2. The zero-order chi connectivity index (χ0) is 23.9. The molecule has 1 aliphatic rings. The molecule has 0 radical (unpaired) electrons. The van der Waals surface area contributed by atoms with Crippen LogP contribution in [0.25, 0.3) is 11.1 Å². The first-order valence-electron chi connectivity index (χ1n) is 11.2. The molecule has 0 aliphatic heterocycles. The first-order valence-corrected chi connectivity index (χ1v) is 11.2. The van der Waals surface area contributed by atoms with Gasteiger partial charge in [0, 0.05) is 25.3 Å². The van der Waals surface area contributed by atoms with Crippen LogP contribution in [0.15, 0.2) is 78.9 Å². The Morgan fingerprint density at radius 2 is 1.44 bits per heavy atom. The van der Waals surface area contributed by atoms with Crippen LogP contribution in [0.5, 0.6) is 0 Å². The van der Waals surface area contributed by atoms with Crippen molar-refractivity contribution < 1.29 is 24.2 Å². The maximum atomic E-state index is 12.2. The van der Waals surface area contributed by atoms with Crippen molar-refractivity contribution >= 4 is 18.0 Å². The number of hydrogen-bond donors (Lipinski definition) is 3. The van der Waals surface area contributed by atoms with Gasteiger partial charge in [-0.15, -0.1) is 0 Å². The molecular formula is C27H26N2O5. The van der Waals surface area contributed by atoms with Crippen LogP contribution in [0.1, 0.15) is 29.0 Å². The maximum Gasteiger partial charge on any atom is 0.407 e. The van der Waals surface area contributed by atoms with Gasteiger partial charge in [0.2, 0.25) is 5.91 Å². The third kappa shape index (κ3) is 5.43. The van der Waals surface area contributed by atoms with Crippen LogP contribution in [-0.4, -0.2) is 42.3 Å². The highest BCUT2D eigenvalue weighted by molar-refractivity contribution is 5.84. The summed E-state index contributed by atoms with van der Waals surface area (Å²) in [5, 5.41) is 14.5. The molecule has 7 nitrogen and oxygen atoms in total. The highest BCUT2D eigenvalue weighted by atomic mass is 16.5. The number of benzene rings is 3. The summed E-state index contributed by atoms with van der Waals surface area (Å²) in [6.07, 6.45) is -0.487. The van der Waals surface area contributed by atoms with E-state index in [0.29, 0.717) is 0 Å². The lowest BCUT2D eigenvalue weighted by atomic mass is 9.98. The number of fused-ring (bicyclic) bond motifs is 3. The Labute approximate surface area is 197 Å². The molecule has 34 heavy (non-hydrogen) atoms. The first-order chi connectivity index (χ1) is 16.5. The number of aliphatic carboxylic acids is 1. The van der Waals surface area contributed by atoms with Gasteiger partial charge in [0.1, 0.15) is 12.6 Å². The number of amides is 2. The molecule has 0 fully saturated rings. The number of carbonyl (C=O) groups excluding carboxylic acids is 2. The minimum Gasteiger partial charge on any atom is -0.480 e. The number of rotatable bonds is 9. The molecule has 3 N–H and O–H groups in total. The van der Waals surface area contributed by atoms with Crippen LogP contribution >= 0.6 is 0 Å². The largest absolute Gasteiger partial charge is 0.480 e. The summed E-state index contributed by atoms with van der Waals surface area (Å²) in [7, 11) is 0. The lowest BCUT2D eigenvalue weighted by molar-refractivity contribution is -0.141. The molecule has 1 atom stereocenters. The number of alkyl carbamates (subject to hydrolysis) is 1. The fraction of sp³-hybridized carbons (Fsp3) is 0.222. The average molecular weight is 459 g/mol. The molecule has 1 aliphatic carbocycles. The van der Waals surface area contributed by atoms with Crippen molar-refractivity contribution in [2.75, 3.05) is 13.2 Å². The molecule has 0 saturated heterocycles. The fourth-order valence-electron chi connectivity index (χ4n) is 4.24. The Bertz CT molecular complexity index is 1130. The van der Waals surface area contributed by atoms with Gasteiger partial charge in [0.25, 0.3) is 0 Å². The third-order valence-electron chi connectivity index (χ3n) is 5.88. The van der Waals surface area contributed by atoms with E-state index in [-0.39, 0.29) is 31.9 Å². The van der Waals surface area contributed by atoms with Gasteiger partial charge in [-0.05, 0) is 27.8 Å². The van der Waals surface area contributed by atoms with Crippen molar-refractivity contribution in [2.24, 2.45) is 0 Å². The van der Waals surface area contributed by atoms with E-state index in [1.165, 1.54) is 0 Å². The number of carboxylic acid groups (broad SMARTS) is 1. The smallest absolute Gasteiger partial charge is 0.407 e. The zero-order valence-electron chi connectivity index (χ0n) is 18.6. The number of nitrogens with one attached hydrogen (secondary N) is 2. The molecule has 7 heteroatoms. The Morgan fingerprint density at radius 1 is 0.853 bits per heavy atom. The van der Waals surface area contributed by atoms with Crippen molar-refractivity contribution in [2.45, 2.75) is 24.8 Å². The normalized spacial score (nSPS) is 12.8. The Morgan fingerprint density at radius 3 is 2.06 bits per heavy atom. The van der Waals surface area contributed by atoms with Gasteiger partial charge in [-0.25, -0.2) is 9.59 Å². The van der Waals surface area contributed by atoms with Crippen molar-refractivity contribution in [1.82, 2.24) is 10.6 Å². The highest BCUT2D eigenvalue weighted by Crippen LogP contribution is 2.44. The summed E-state index contributed by atoms with van der Waals surface area (Å²) in [5.41, 5.74) is 5.34. The van der Waals surface area contributed by atoms with Crippen LogP contribution in [0, 0.1) is 0 Å². The molecule has 3 aromatic carbocycles. The summed E-state index contributed by atoms with van der Waals surface area (Å²) in [6, 6.07) is 24.2. The quantitative estimate of drug-likeness (QED) is 0.453. The van der Waals surface area contributed by atoms with E-state index < -0.39 is 24.0 Å². The van der Waals surface area contributed by atoms with Crippen molar-refractivity contribution in [3.8, 4) is 11.1 Å². The van der Waals surface area contributed by atoms with Gasteiger partial charge in [-0.2, -0.15) is 0 Å². The van der Waals surface area contributed by atoms with Crippen LogP contribution in [0.3, 0.4) is 0 Å². The SMILES string of the molecule is O=C(CCNC(=O)OCC1c2ccccc2-c2ccccc21)N[C@@H](Cc1ccccc1)C(=O)O. The van der Waals surface area contributed by atoms with E-state index in [1.54, 1.807) is 12.1 Å². The topological polar surface area (TPSA) is 105 Å². The molecule has 0 saturated carbocycles. The monoisotopic (exact) mass is 458 g/mol. The lowest BCUT2D eigenvalue weighted by Crippen LogP contribution is -2.43. The molecule has 3 aromatic rings. The fourth-order valence-corrected chi connectivity index (χ4v) is 4.24. The first kappa shape index (κ1) is 23.0. The second-order valence-corrected chi connectivity index (χ2v) is 8.15. The van der Waals surface area contributed by atoms with Gasteiger partial charge in [0.05, 0.1) is 0 Å². The predicted octanol–water partition coefficient (Wildman–Crippen LogP) is 3.73. The minimum absolute atomic E-state index is 0.0418. The van der Waals surface area contributed by atoms with Gasteiger partial charge >= 0.3 is 12.1 Å². The van der Waals surface area contributed by atoms with E-state index in [4.69, 9.17) is 4.74 Å². The molecule has 174 valence electrons. The average Bonchev–Trinajstić information content (AvgIpc) is 3.16. The van der Waals surface area contributed by atoms with E-state index in [9.17, 15) is 19.5 Å². The van der Waals surface area contributed by atoms with E-state index in [1.807, 2.05) is 54.6 Å². The van der Waals surface area contributed by atoms with E-state index in [0.717, 1.165) is 27.8 Å². The molecule has 0 aromatic heterocycles.